The highest BCUT2D eigenvalue weighted by Crippen LogP contribution is 2.35. The van der Waals surface area contributed by atoms with Gasteiger partial charge in [-0.05, 0) is 46.8 Å². The Morgan fingerprint density at radius 2 is 1.32 bits per heavy atom. The van der Waals surface area contributed by atoms with Gasteiger partial charge in [0.2, 0.25) is 17.7 Å². The molecule has 44 heavy (non-hydrogen) atoms. The molecule has 1 saturated heterocycles. The van der Waals surface area contributed by atoms with Crippen molar-refractivity contribution in [1.82, 2.24) is 15.0 Å². The molecule has 0 atom stereocenters. The van der Waals surface area contributed by atoms with Crippen LogP contribution in [0.3, 0.4) is 0 Å². The molecule has 2 aliphatic rings. The quantitative estimate of drug-likeness (QED) is 0.264. The van der Waals surface area contributed by atoms with Crippen LogP contribution >= 0.6 is 23.5 Å². The highest BCUT2D eigenvalue weighted by Gasteiger charge is 2.41. The van der Waals surface area contributed by atoms with Crippen LogP contribution in [0.2, 0.25) is 0 Å². The highest BCUT2D eigenvalue weighted by atomic mass is 32.2. The monoisotopic (exact) mass is 637 g/mol. The van der Waals surface area contributed by atoms with Gasteiger partial charge in [-0.3, -0.25) is 44.2 Å². The van der Waals surface area contributed by atoms with Gasteiger partial charge in [-0.15, -0.1) is 5.10 Å². The van der Waals surface area contributed by atoms with E-state index in [9.17, 15) is 44.2 Å². The van der Waals surface area contributed by atoms with Gasteiger partial charge < -0.3 is 0 Å². The van der Waals surface area contributed by atoms with Crippen molar-refractivity contribution in [3.63, 3.8) is 0 Å². The van der Waals surface area contributed by atoms with Crippen molar-refractivity contribution in [2.45, 2.75) is 20.8 Å². The van der Waals surface area contributed by atoms with Crippen molar-refractivity contribution in [1.29, 1.82) is 0 Å². The Hall–Kier alpha value is -5.49. The molecule has 2 heterocycles. The number of imide groups is 2. The highest BCUT2D eigenvalue weighted by molar-refractivity contribution is 8.18. The fraction of sp³-hybridized carbons (Fsp3) is 0.115. The summed E-state index contributed by atoms with van der Waals surface area (Å²) in [5.74, 6) is -3.65. The minimum absolute atomic E-state index is 0.0279. The van der Waals surface area contributed by atoms with Gasteiger partial charge in [-0.1, -0.05) is 24.3 Å². The van der Waals surface area contributed by atoms with E-state index in [0.717, 1.165) is 20.8 Å². The molecule has 4 rings (SSSR count). The maximum atomic E-state index is 13.4. The zero-order valence-corrected chi connectivity index (χ0v) is 24.5. The fourth-order valence-corrected chi connectivity index (χ4v) is 5.59. The van der Waals surface area contributed by atoms with E-state index in [1.54, 1.807) is 0 Å². The Bertz CT molecular complexity index is 1780. The topological polar surface area (TPSA) is 206 Å². The van der Waals surface area contributed by atoms with Crippen LogP contribution in [-0.2, 0) is 19.2 Å². The van der Waals surface area contributed by atoms with E-state index in [4.69, 9.17) is 0 Å². The molecule has 2 aliphatic heterocycles. The predicted molar refractivity (Wildman–Crippen MR) is 160 cm³/mol. The third kappa shape index (κ3) is 6.76. The lowest BCUT2D eigenvalue weighted by atomic mass is 10.2. The van der Waals surface area contributed by atoms with E-state index < -0.39 is 38.7 Å². The van der Waals surface area contributed by atoms with Crippen molar-refractivity contribution >= 4 is 86.9 Å². The summed E-state index contributed by atoms with van der Waals surface area (Å²) in [6.07, 6.45) is 2.63. The SMILES string of the molecule is CC(=O)N1N=C(N=C2S/C(=C/c3cccc([N+](=O)[O-])c3)C(=O)N(C(C)=O)N2C(C)=O)/C(=C/c2cccc([N+](=O)[O-])c2)SC1=O. The number of nitro groups is 2. The number of hydrazone groups is 1. The van der Waals surface area contributed by atoms with Crippen LogP contribution in [0.1, 0.15) is 31.9 Å². The van der Waals surface area contributed by atoms with Crippen LogP contribution in [0.4, 0.5) is 16.2 Å². The summed E-state index contributed by atoms with van der Waals surface area (Å²) < 4.78 is 0. The molecule has 0 aromatic heterocycles. The van der Waals surface area contributed by atoms with Gasteiger partial charge in [0.05, 0.1) is 19.7 Å². The van der Waals surface area contributed by atoms with Gasteiger partial charge in [0.25, 0.3) is 17.3 Å². The van der Waals surface area contributed by atoms with Gasteiger partial charge in [-0.2, -0.15) is 20.0 Å². The number of hydrazine groups is 1. The molecule has 2 aromatic rings. The Kier molecular flexibility index (Phi) is 9.14. The third-order valence-electron chi connectivity index (χ3n) is 5.62. The van der Waals surface area contributed by atoms with Gasteiger partial charge in [-0.25, -0.2) is 0 Å². The first-order chi connectivity index (χ1) is 20.8. The minimum Gasteiger partial charge on any atom is -0.273 e. The van der Waals surface area contributed by atoms with E-state index in [0.29, 0.717) is 38.6 Å². The second-order valence-electron chi connectivity index (χ2n) is 8.81. The Labute approximate surface area is 256 Å². The van der Waals surface area contributed by atoms with E-state index in [1.807, 2.05) is 0 Å². The minimum atomic E-state index is -0.920. The number of nitrogens with zero attached hydrogens (tertiary/aromatic N) is 7. The number of hydrogen-bond acceptors (Lipinski definition) is 13. The zero-order chi connectivity index (χ0) is 32.3. The molecular formula is C26H19N7O9S2. The molecule has 0 radical (unpaired) electrons. The molecule has 18 heteroatoms. The number of benzene rings is 2. The first-order valence-corrected chi connectivity index (χ1v) is 13.9. The first-order valence-electron chi connectivity index (χ1n) is 12.2. The summed E-state index contributed by atoms with van der Waals surface area (Å²) in [5.41, 5.74) is 0.0251. The Morgan fingerprint density at radius 3 is 1.80 bits per heavy atom. The van der Waals surface area contributed by atoms with Crippen molar-refractivity contribution < 1.29 is 33.8 Å². The fourth-order valence-electron chi connectivity index (χ4n) is 3.77. The average molecular weight is 638 g/mol. The van der Waals surface area contributed by atoms with Gasteiger partial charge in [0.1, 0.15) is 0 Å². The molecule has 224 valence electrons. The number of thioether (sulfide) groups is 2. The van der Waals surface area contributed by atoms with Crippen LogP contribution in [0.25, 0.3) is 12.2 Å². The average Bonchev–Trinajstić information content (AvgIpc) is 2.95. The van der Waals surface area contributed by atoms with Gasteiger partial charge >= 0.3 is 5.24 Å². The molecule has 0 aliphatic carbocycles. The summed E-state index contributed by atoms with van der Waals surface area (Å²) >= 11 is 1.17. The normalized spacial score (nSPS) is 18.1. The number of rotatable bonds is 4. The standard InChI is InChI=1S/C26H19N7O9S2/c1-14(34)29-26(38)44-21(12-17-6-4-8-19(10-17)32(39)40)23(28-29)27-25-31(16(3)36)30(15(2)35)24(37)22(43-25)13-18-7-5-9-20(11-18)33(41)42/h4-13H,1-3H3/b21-12-,22-13+,27-25?. The third-order valence-corrected chi connectivity index (χ3v) is 7.45. The van der Waals surface area contributed by atoms with E-state index in [1.165, 1.54) is 60.7 Å². The molecule has 0 spiro atoms. The van der Waals surface area contributed by atoms with E-state index in [-0.39, 0.29) is 43.3 Å². The van der Waals surface area contributed by atoms with Crippen molar-refractivity contribution in [3.05, 3.63) is 89.7 Å². The molecule has 0 N–H and O–H groups in total. The molecule has 16 nitrogen and oxygen atoms in total. The smallest absolute Gasteiger partial charge is 0.273 e. The first kappa shape index (κ1) is 31.4. The number of amides is 5. The molecule has 1 fully saturated rings. The second kappa shape index (κ2) is 12.8. The largest absolute Gasteiger partial charge is 0.314 e. The summed E-state index contributed by atoms with van der Waals surface area (Å²) in [6, 6.07) is 10.8. The molecule has 2 aromatic carbocycles. The number of carbonyl (C=O) groups is 5. The molecule has 0 saturated carbocycles. The number of non-ortho nitro benzene ring substituents is 2. The predicted octanol–water partition coefficient (Wildman–Crippen LogP) is 4.16. The Morgan fingerprint density at radius 1 is 0.795 bits per heavy atom. The lowest BCUT2D eigenvalue weighted by molar-refractivity contribution is -0.385. The number of carbonyl (C=O) groups excluding carboxylic acids is 5. The van der Waals surface area contributed by atoms with E-state index >= 15 is 0 Å². The molecular weight excluding hydrogens is 618 g/mol. The number of nitro benzene ring substituents is 2. The maximum Gasteiger partial charge on any atom is 0.314 e. The molecule has 0 bridgehead atoms. The van der Waals surface area contributed by atoms with Crippen LogP contribution in [-0.4, -0.2) is 64.7 Å². The van der Waals surface area contributed by atoms with Gasteiger partial charge in [0.15, 0.2) is 11.0 Å². The van der Waals surface area contributed by atoms with Crippen molar-refractivity contribution in [2.24, 2.45) is 10.1 Å². The van der Waals surface area contributed by atoms with Crippen molar-refractivity contribution in [3.8, 4) is 0 Å². The molecule has 0 unspecified atom stereocenters. The van der Waals surface area contributed by atoms with Crippen LogP contribution < -0.4 is 0 Å². The van der Waals surface area contributed by atoms with Crippen LogP contribution in [0.5, 0.6) is 0 Å². The van der Waals surface area contributed by atoms with Crippen LogP contribution in [0, 0.1) is 20.2 Å². The zero-order valence-electron chi connectivity index (χ0n) is 22.9. The summed E-state index contributed by atoms with van der Waals surface area (Å²) in [7, 11) is 0. The summed E-state index contributed by atoms with van der Waals surface area (Å²) in [4.78, 5) is 89.1. The maximum absolute atomic E-state index is 13.4. The Balaban J connectivity index is 1.90. The second-order valence-corrected chi connectivity index (χ2v) is 10.8. The summed E-state index contributed by atoms with van der Waals surface area (Å²) in [5, 5.41) is 27.2. The summed E-state index contributed by atoms with van der Waals surface area (Å²) in [6.45, 7) is 3.18. The van der Waals surface area contributed by atoms with E-state index in [2.05, 4.69) is 10.1 Å². The van der Waals surface area contributed by atoms with Crippen molar-refractivity contribution in [2.75, 3.05) is 0 Å². The number of amidine groups is 2. The lowest BCUT2D eigenvalue weighted by Crippen LogP contribution is -2.56. The van der Waals surface area contributed by atoms with Crippen LogP contribution in [0.15, 0.2) is 68.4 Å². The molecule has 5 amide bonds. The number of hydrogen-bond donors (Lipinski definition) is 0. The van der Waals surface area contributed by atoms with Gasteiger partial charge in [0, 0.05) is 45.0 Å². The number of aliphatic imine (C=N–C) groups is 1. The lowest BCUT2D eigenvalue weighted by Gasteiger charge is -2.36.